The molecule has 128 valence electrons. The summed E-state index contributed by atoms with van der Waals surface area (Å²) in [5, 5.41) is 2.76. The topological polar surface area (TPSA) is 69.6 Å². The van der Waals surface area contributed by atoms with E-state index < -0.39 is 0 Å². The normalized spacial score (nSPS) is 10.4. The minimum Gasteiger partial charge on any atom is -0.478 e. The monoisotopic (exact) mass is 330 g/mol. The number of rotatable bonds is 8. The second-order valence-corrected chi connectivity index (χ2v) is 5.33. The molecule has 0 fully saturated rings. The van der Waals surface area contributed by atoms with Crippen molar-refractivity contribution in [3.8, 4) is 5.75 Å². The maximum Gasteiger partial charge on any atom is 0.258 e. The molecule has 0 radical (unpaired) electrons. The first-order valence-corrected chi connectivity index (χ1v) is 7.74. The van der Waals surface area contributed by atoms with Gasteiger partial charge in [0.2, 0.25) is 5.43 Å². The predicted molar refractivity (Wildman–Crippen MR) is 91.1 cm³/mol. The van der Waals surface area contributed by atoms with E-state index in [4.69, 9.17) is 9.47 Å². The van der Waals surface area contributed by atoms with Gasteiger partial charge >= 0.3 is 0 Å². The number of hydrogen-bond acceptors (Lipinski definition) is 4. The minimum absolute atomic E-state index is 0.197. The van der Waals surface area contributed by atoms with Gasteiger partial charge in [-0.05, 0) is 12.5 Å². The van der Waals surface area contributed by atoms with Crippen molar-refractivity contribution in [2.24, 2.45) is 0 Å². The smallest absolute Gasteiger partial charge is 0.258 e. The summed E-state index contributed by atoms with van der Waals surface area (Å²) in [6.07, 6.45) is 1.69. The van der Waals surface area contributed by atoms with Crippen LogP contribution in [0.1, 0.15) is 11.3 Å². The molecule has 1 heterocycles. The summed E-state index contributed by atoms with van der Waals surface area (Å²) in [7, 11) is 1.62. The standard InChI is InChI=1S/C18H22N2O4/c1-14-18(16(21)8-9-20(14)10-11-23-2)24-13-17(22)19-12-15-6-4-3-5-7-15/h3-9H,10-13H2,1-2H3,(H,19,22). The number of nitrogens with one attached hydrogen (secondary N) is 1. The van der Waals surface area contributed by atoms with E-state index in [1.54, 1.807) is 20.2 Å². The van der Waals surface area contributed by atoms with Crippen molar-refractivity contribution in [2.45, 2.75) is 20.0 Å². The lowest BCUT2D eigenvalue weighted by Crippen LogP contribution is -2.29. The van der Waals surface area contributed by atoms with Gasteiger partial charge in [0.15, 0.2) is 12.4 Å². The van der Waals surface area contributed by atoms with Gasteiger partial charge in [-0.25, -0.2) is 0 Å². The molecule has 0 aliphatic carbocycles. The van der Waals surface area contributed by atoms with Gasteiger partial charge in [-0.1, -0.05) is 30.3 Å². The van der Waals surface area contributed by atoms with E-state index in [1.165, 1.54) is 6.07 Å². The van der Waals surface area contributed by atoms with Crippen LogP contribution in [0.15, 0.2) is 47.4 Å². The van der Waals surface area contributed by atoms with Gasteiger partial charge in [0.1, 0.15) is 0 Å². The number of carbonyl (C=O) groups is 1. The van der Waals surface area contributed by atoms with E-state index in [0.717, 1.165) is 5.56 Å². The van der Waals surface area contributed by atoms with Gasteiger partial charge < -0.3 is 19.4 Å². The Hall–Kier alpha value is -2.60. The molecule has 0 atom stereocenters. The largest absolute Gasteiger partial charge is 0.478 e. The highest BCUT2D eigenvalue weighted by atomic mass is 16.5. The highest BCUT2D eigenvalue weighted by molar-refractivity contribution is 5.77. The quantitative estimate of drug-likeness (QED) is 0.796. The Morgan fingerprint density at radius 1 is 1.21 bits per heavy atom. The SMILES string of the molecule is COCCn1ccc(=O)c(OCC(=O)NCc2ccccc2)c1C. The molecule has 0 saturated heterocycles. The lowest BCUT2D eigenvalue weighted by atomic mass is 10.2. The zero-order valence-corrected chi connectivity index (χ0v) is 14.0. The van der Waals surface area contributed by atoms with Crippen molar-refractivity contribution in [3.05, 3.63) is 64.1 Å². The number of benzene rings is 1. The third-order valence-corrected chi connectivity index (χ3v) is 3.61. The van der Waals surface area contributed by atoms with E-state index >= 15 is 0 Å². The minimum atomic E-state index is -0.273. The average Bonchev–Trinajstić information content (AvgIpc) is 2.60. The average molecular weight is 330 g/mol. The van der Waals surface area contributed by atoms with E-state index in [0.29, 0.717) is 25.4 Å². The van der Waals surface area contributed by atoms with Crippen molar-refractivity contribution in [2.75, 3.05) is 20.3 Å². The Bertz CT molecular complexity index is 726. The molecule has 0 aliphatic heterocycles. The van der Waals surface area contributed by atoms with Crippen LogP contribution >= 0.6 is 0 Å². The predicted octanol–water partition coefficient (Wildman–Crippen LogP) is 1.50. The Morgan fingerprint density at radius 3 is 2.67 bits per heavy atom. The molecule has 1 aromatic carbocycles. The molecule has 6 heteroatoms. The maximum atomic E-state index is 12.0. The van der Waals surface area contributed by atoms with E-state index in [1.807, 2.05) is 34.9 Å². The first-order chi connectivity index (χ1) is 11.6. The first kappa shape index (κ1) is 17.7. The summed E-state index contributed by atoms with van der Waals surface area (Å²) in [4.78, 5) is 23.9. The molecular weight excluding hydrogens is 308 g/mol. The molecule has 2 rings (SSSR count). The van der Waals surface area contributed by atoms with Gasteiger partial charge in [-0.15, -0.1) is 0 Å². The molecule has 1 aromatic heterocycles. The molecule has 0 saturated carbocycles. The number of pyridine rings is 1. The van der Waals surface area contributed by atoms with Crippen LogP contribution < -0.4 is 15.5 Å². The fourth-order valence-corrected chi connectivity index (χ4v) is 2.25. The third-order valence-electron chi connectivity index (χ3n) is 3.61. The second kappa shape index (κ2) is 8.88. The Morgan fingerprint density at radius 2 is 1.96 bits per heavy atom. The van der Waals surface area contributed by atoms with E-state index in [2.05, 4.69) is 5.32 Å². The molecule has 6 nitrogen and oxygen atoms in total. The summed E-state index contributed by atoms with van der Waals surface area (Å²) in [6, 6.07) is 11.0. The fraction of sp³-hybridized carbons (Fsp3) is 0.333. The lowest BCUT2D eigenvalue weighted by molar-refractivity contribution is -0.123. The van der Waals surface area contributed by atoms with Crippen molar-refractivity contribution < 1.29 is 14.3 Å². The molecule has 2 aromatic rings. The van der Waals surface area contributed by atoms with Crippen LogP contribution in [-0.4, -0.2) is 30.8 Å². The second-order valence-electron chi connectivity index (χ2n) is 5.33. The maximum absolute atomic E-state index is 12.0. The van der Waals surface area contributed by atoms with Crippen LogP contribution in [0.5, 0.6) is 5.75 Å². The van der Waals surface area contributed by atoms with Gasteiger partial charge in [0.05, 0.1) is 12.3 Å². The highest BCUT2D eigenvalue weighted by Gasteiger charge is 2.11. The number of aromatic nitrogens is 1. The van der Waals surface area contributed by atoms with Crippen LogP contribution in [0.2, 0.25) is 0 Å². The van der Waals surface area contributed by atoms with Crippen molar-refractivity contribution in [1.82, 2.24) is 9.88 Å². The molecule has 0 spiro atoms. The van der Waals surface area contributed by atoms with E-state index in [9.17, 15) is 9.59 Å². The van der Waals surface area contributed by atoms with Crippen molar-refractivity contribution >= 4 is 5.91 Å². The van der Waals surface area contributed by atoms with Crippen LogP contribution in [0.25, 0.3) is 0 Å². The summed E-state index contributed by atoms with van der Waals surface area (Å²) in [6.45, 7) is 3.15. The number of amides is 1. The summed E-state index contributed by atoms with van der Waals surface area (Å²) < 4.78 is 12.4. The molecule has 1 N–H and O–H groups in total. The lowest BCUT2D eigenvalue weighted by Gasteiger charge is -2.14. The van der Waals surface area contributed by atoms with Crippen LogP contribution in [0.4, 0.5) is 0 Å². The summed E-state index contributed by atoms with van der Waals surface area (Å²) >= 11 is 0. The Labute approximate surface area is 141 Å². The number of nitrogens with zero attached hydrogens (tertiary/aromatic N) is 1. The Balaban J connectivity index is 1.93. The van der Waals surface area contributed by atoms with Gasteiger partial charge in [-0.3, -0.25) is 9.59 Å². The van der Waals surface area contributed by atoms with E-state index in [-0.39, 0.29) is 23.7 Å². The van der Waals surface area contributed by atoms with Crippen molar-refractivity contribution in [1.29, 1.82) is 0 Å². The van der Waals surface area contributed by atoms with Crippen LogP contribution in [0.3, 0.4) is 0 Å². The van der Waals surface area contributed by atoms with Crippen LogP contribution in [0, 0.1) is 6.92 Å². The van der Waals surface area contributed by atoms with Gasteiger partial charge in [0.25, 0.3) is 5.91 Å². The molecule has 0 bridgehead atoms. The highest BCUT2D eigenvalue weighted by Crippen LogP contribution is 2.11. The number of hydrogen-bond donors (Lipinski definition) is 1. The van der Waals surface area contributed by atoms with Crippen LogP contribution in [-0.2, 0) is 22.6 Å². The third kappa shape index (κ3) is 4.96. The molecular formula is C18H22N2O4. The van der Waals surface area contributed by atoms with Gasteiger partial charge in [-0.2, -0.15) is 0 Å². The molecule has 0 unspecified atom stereocenters. The molecule has 24 heavy (non-hydrogen) atoms. The molecule has 1 amide bonds. The van der Waals surface area contributed by atoms with Gasteiger partial charge in [0, 0.05) is 32.5 Å². The van der Waals surface area contributed by atoms with Crippen molar-refractivity contribution in [3.63, 3.8) is 0 Å². The number of methoxy groups -OCH3 is 1. The summed E-state index contributed by atoms with van der Waals surface area (Å²) in [5.74, 6) is -0.0755. The number of carbonyl (C=O) groups excluding carboxylic acids is 1. The first-order valence-electron chi connectivity index (χ1n) is 7.74. The zero-order valence-electron chi connectivity index (χ0n) is 14.0. The Kier molecular flexibility index (Phi) is 6.57. The summed E-state index contributed by atoms with van der Waals surface area (Å²) in [5.41, 5.74) is 1.44. The molecule has 0 aliphatic rings. The zero-order chi connectivity index (χ0) is 17.4. The fourth-order valence-electron chi connectivity index (χ4n) is 2.25. The number of ether oxygens (including phenoxy) is 2.